The van der Waals surface area contributed by atoms with Gasteiger partial charge in [-0.15, -0.1) is 5.10 Å². The molecule has 6 nitrogen and oxygen atoms in total. The molecule has 0 saturated carbocycles. The molecule has 1 aromatic rings. The number of hydrogen-bond donors (Lipinski definition) is 2. The predicted molar refractivity (Wildman–Crippen MR) is 53.1 cm³/mol. The van der Waals surface area contributed by atoms with Crippen LogP contribution in [0, 0.1) is 0 Å². The third-order valence-corrected chi connectivity index (χ3v) is 2.67. The molecule has 3 N–H and O–H groups in total. The molecule has 1 aliphatic rings. The van der Waals surface area contributed by atoms with Crippen molar-refractivity contribution >= 4 is 22.4 Å². The smallest absolute Gasteiger partial charge is 0.277 e. The Labute approximate surface area is 85.3 Å². The highest BCUT2D eigenvalue weighted by Gasteiger charge is 2.22. The molecule has 2 rings (SSSR count). The minimum atomic E-state index is -0.113. The fourth-order valence-corrected chi connectivity index (χ4v) is 1.79. The van der Waals surface area contributed by atoms with Crippen LogP contribution in [-0.2, 0) is 0 Å². The summed E-state index contributed by atoms with van der Waals surface area (Å²) >= 11 is 1.05. The second-order valence-corrected chi connectivity index (χ2v) is 3.81. The van der Waals surface area contributed by atoms with Gasteiger partial charge in [0.1, 0.15) is 5.00 Å². The van der Waals surface area contributed by atoms with Crippen LogP contribution < -0.4 is 11.1 Å². The minimum Gasteiger partial charge on any atom is -0.387 e. The maximum Gasteiger partial charge on any atom is 0.277 e. The number of nitrogens with zero attached hydrogens (tertiary/aromatic N) is 3. The van der Waals surface area contributed by atoms with E-state index in [2.05, 4.69) is 14.9 Å². The monoisotopic (exact) mass is 213 g/mol. The second kappa shape index (κ2) is 3.89. The highest BCUT2D eigenvalue weighted by Crippen LogP contribution is 2.14. The van der Waals surface area contributed by atoms with Gasteiger partial charge in [0, 0.05) is 37.7 Å². The van der Waals surface area contributed by atoms with Gasteiger partial charge in [-0.2, -0.15) is 0 Å². The summed E-state index contributed by atoms with van der Waals surface area (Å²) in [6.07, 6.45) is 0. The summed E-state index contributed by atoms with van der Waals surface area (Å²) < 4.78 is 3.64. The van der Waals surface area contributed by atoms with Gasteiger partial charge in [0.05, 0.1) is 0 Å². The maximum atomic E-state index is 11.8. The number of anilines is 1. The average molecular weight is 213 g/mol. The van der Waals surface area contributed by atoms with E-state index >= 15 is 0 Å². The number of rotatable bonds is 1. The van der Waals surface area contributed by atoms with E-state index in [1.165, 1.54) is 0 Å². The zero-order valence-corrected chi connectivity index (χ0v) is 8.38. The molecule has 7 heteroatoms. The van der Waals surface area contributed by atoms with Crippen LogP contribution in [0.15, 0.2) is 0 Å². The first-order chi connectivity index (χ1) is 6.79. The highest BCUT2D eigenvalue weighted by molar-refractivity contribution is 7.10. The topological polar surface area (TPSA) is 84.1 Å². The first kappa shape index (κ1) is 9.35. The van der Waals surface area contributed by atoms with Gasteiger partial charge >= 0.3 is 0 Å². The van der Waals surface area contributed by atoms with Gasteiger partial charge in [0.2, 0.25) is 0 Å². The Kier molecular flexibility index (Phi) is 2.60. The number of carbonyl (C=O) groups is 1. The molecular weight excluding hydrogens is 202 g/mol. The van der Waals surface area contributed by atoms with Gasteiger partial charge in [0.15, 0.2) is 5.69 Å². The fourth-order valence-electron chi connectivity index (χ4n) is 1.36. The molecule has 0 aliphatic carbocycles. The lowest BCUT2D eigenvalue weighted by molar-refractivity contribution is 0.0731. The average Bonchev–Trinajstić information content (AvgIpc) is 2.65. The van der Waals surface area contributed by atoms with Crippen molar-refractivity contribution in [2.75, 3.05) is 31.9 Å². The van der Waals surface area contributed by atoms with Crippen LogP contribution in [0.4, 0.5) is 5.00 Å². The Morgan fingerprint density at radius 3 is 2.79 bits per heavy atom. The number of nitrogen functional groups attached to an aromatic ring is 1. The van der Waals surface area contributed by atoms with E-state index < -0.39 is 0 Å². The van der Waals surface area contributed by atoms with Crippen LogP contribution in [0.5, 0.6) is 0 Å². The molecule has 1 fully saturated rings. The number of nitrogens with two attached hydrogens (primary N) is 1. The van der Waals surface area contributed by atoms with Crippen LogP contribution in [-0.4, -0.2) is 46.6 Å². The molecule has 14 heavy (non-hydrogen) atoms. The molecule has 0 atom stereocenters. The van der Waals surface area contributed by atoms with Gasteiger partial charge in [-0.25, -0.2) is 0 Å². The lowest BCUT2D eigenvalue weighted by Gasteiger charge is -2.26. The third-order valence-electron chi connectivity index (χ3n) is 2.12. The van der Waals surface area contributed by atoms with Crippen molar-refractivity contribution in [3.63, 3.8) is 0 Å². The summed E-state index contributed by atoms with van der Waals surface area (Å²) in [5, 5.41) is 7.29. The van der Waals surface area contributed by atoms with E-state index in [1.807, 2.05) is 0 Å². The molecule has 0 unspecified atom stereocenters. The van der Waals surface area contributed by atoms with E-state index in [-0.39, 0.29) is 11.6 Å². The van der Waals surface area contributed by atoms with Crippen molar-refractivity contribution < 1.29 is 4.79 Å². The zero-order valence-electron chi connectivity index (χ0n) is 7.56. The predicted octanol–water partition coefficient (Wildman–Crippen LogP) is -0.834. The van der Waals surface area contributed by atoms with E-state index in [9.17, 15) is 4.79 Å². The molecule has 0 spiro atoms. The molecule has 1 amide bonds. The summed E-state index contributed by atoms with van der Waals surface area (Å²) in [6.45, 7) is 3.05. The molecular formula is C7H11N5OS. The Balaban J connectivity index is 2.11. The zero-order chi connectivity index (χ0) is 9.97. The van der Waals surface area contributed by atoms with E-state index in [0.717, 1.165) is 24.6 Å². The van der Waals surface area contributed by atoms with Crippen molar-refractivity contribution in [1.82, 2.24) is 19.8 Å². The van der Waals surface area contributed by atoms with Gasteiger partial charge in [-0.3, -0.25) is 4.79 Å². The lowest BCUT2D eigenvalue weighted by atomic mass is 10.3. The molecule has 0 bridgehead atoms. The SMILES string of the molecule is Nc1snnc1C(=O)N1CCNCC1. The van der Waals surface area contributed by atoms with E-state index in [0.29, 0.717) is 18.1 Å². The second-order valence-electron chi connectivity index (χ2n) is 3.03. The molecule has 1 saturated heterocycles. The Hall–Kier alpha value is -1.21. The van der Waals surface area contributed by atoms with Crippen molar-refractivity contribution in [1.29, 1.82) is 0 Å². The van der Waals surface area contributed by atoms with Crippen LogP contribution in [0.2, 0.25) is 0 Å². The maximum absolute atomic E-state index is 11.8. The number of piperazine rings is 1. The van der Waals surface area contributed by atoms with Crippen LogP contribution in [0.1, 0.15) is 10.5 Å². The Morgan fingerprint density at radius 1 is 1.50 bits per heavy atom. The molecule has 1 aromatic heterocycles. The normalized spacial score (nSPS) is 17.0. The van der Waals surface area contributed by atoms with Crippen molar-refractivity contribution in [3.05, 3.63) is 5.69 Å². The first-order valence-corrected chi connectivity index (χ1v) is 5.14. The van der Waals surface area contributed by atoms with Crippen molar-refractivity contribution in [2.24, 2.45) is 0 Å². The minimum absolute atomic E-state index is 0.113. The summed E-state index contributed by atoms with van der Waals surface area (Å²) in [4.78, 5) is 13.5. The van der Waals surface area contributed by atoms with Crippen molar-refractivity contribution in [3.8, 4) is 0 Å². The number of hydrogen-bond acceptors (Lipinski definition) is 6. The third kappa shape index (κ3) is 1.68. The molecule has 2 heterocycles. The largest absolute Gasteiger partial charge is 0.387 e. The number of carbonyl (C=O) groups excluding carboxylic acids is 1. The van der Waals surface area contributed by atoms with Gasteiger partial charge in [0.25, 0.3) is 5.91 Å². The Bertz CT molecular complexity index is 333. The van der Waals surface area contributed by atoms with Crippen LogP contribution in [0.25, 0.3) is 0 Å². The van der Waals surface area contributed by atoms with E-state index in [1.54, 1.807) is 4.90 Å². The van der Waals surface area contributed by atoms with Crippen LogP contribution >= 0.6 is 11.5 Å². The van der Waals surface area contributed by atoms with Gasteiger partial charge in [-0.05, 0) is 0 Å². The summed E-state index contributed by atoms with van der Waals surface area (Å²) in [6, 6.07) is 0. The number of amides is 1. The summed E-state index contributed by atoms with van der Waals surface area (Å²) in [5.74, 6) is -0.113. The fraction of sp³-hybridized carbons (Fsp3) is 0.571. The number of aromatic nitrogens is 2. The molecule has 0 radical (unpaired) electrons. The van der Waals surface area contributed by atoms with Crippen LogP contribution in [0.3, 0.4) is 0 Å². The van der Waals surface area contributed by atoms with Gasteiger partial charge in [-0.1, -0.05) is 4.49 Å². The summed E-state index contributed by atoms with van der Waals surface area (Å²) in [7, 11) is 0. The molecule has 0 aromatic carbocycles. The highest BCUT2D eigenvalue weighted by atomic mass is 32.1. The lowest BCUT2D eigenvalue weighted by Crippen LogP contribution is -2.46. The molecule has 76 valence electrons. The quantitative estimate of drug-likeness (QED) is 0.636. The van der Waals surface area contributed by atoms with E-state index in [4.69, 9.17) is 5.73 Å². The van der Waals surface area contributed by atoms with Gasteiger partial charge < -0.3 is 16.0 Å². The van der Waals surface area contributed by atoms with Crippen molar-refractivity contribution in [2.45, 2.75) is 0 Å². The molecule has 1 aliphatic heterocycles. The first-order valence-electron chi connectivity index (χ1n) is 4.37. The summed E-state index contributed by atoms with van der Waals surface area (Å²) in [5.41, 5.74) is 5.87. The standard InChI is InChI=1S/C7H11N5OS/c8-6-5(10-11-14-6)7(13)12-3-1-9-2-4-12/h9H,1-4,8H2. The Morgan fingerprint density at radius 2 is 2.21 bits per heavy atom. The number of nitrogens with one attached hydrogen (secondary N) is 1.